The van der Waals surface area contributed by atoms with Gasteiger partial charge in [0.25, 0.3) is 0 Å². The number of hydrogen-bond acceptors (Lipinski definition) is 8. The molecule has 3 rings (SSSR count). The van der Waals surface area contributed by atoms with Crippen molar-refractivity contribution in [2.24, 2.45) is 0 Å². The predicted octanol–water partition coefficient (Wildman–Crippen LogP) is 2.65. The molecule has 1 aromatic heterocycles. The maximum atomic E-state index is 10.3. The van der Waals surface area contributed by atoms with E-state index in [4.69, 9.17) is 4.42 Å². The summed E-state index contributed by atoms with van der Waals surface area (Å²) in [6.07, 6.45) is 0. The fourth-order valence-corrected chi connectivity index (χ4v) is 2.69. The average Bonchev–Trinajstić information content (AvgIpc) is 2.89. The maximum absolute atomic E-state index is 10.3. The molecule has 3 aromatic rings. The molecule has 122 valence electrons. The highest BCUT2D eigenvalue weighted by molar-refractivity contribution is 6.17. The molecule has 0 atom stereocenters. The lowest BCUT2D eigenvalue weighted by atomic mass is 9.97. The van der Waals surface area contributed by atoms with Gasteiger partial charge in [-0.05, 0) is 5.92 Å². The highest BCUT2D eigenvalue weighted by Crippen LogP contribution is 2.57. The second kappa shape index (κ2) is 4.42. The van der Waals surface area contributed by atoms with Crippen molar-refractivity contribution in [1.29, 1.82) is 0 Å². The molecular weight excluding hydrogens is 308 g/mol. The van der Waals surface area contributed by atoms with Crippen molar-refractivity contribution >= 4 is 21.9 Å². The standard InChI is InChI=1S/C15H14O8/c1-3(2)4-7(16)8(17)5-6-9(18)11(20)12(21)13(22)15(6)23-14(5)10(4)19/h3,16-22H,1-2H3. The summed E-state index contributed by atoms with van der Waals surface area (Å²) in [5.74, 6) is -5.96. The van der Waals surface area contributed by atoms with E-state index >= 15 is 0 Å². The van der Waals surface area contributed by atoms with Gasteiger partial charge in [-0.3, -0.25) is 0 Å². The van der Waals surface area contributed by atoms with Gasteiger partial charge < -0.3 is 40.2 Å². The normalized spacial score (nSPS) is 11.8. The molecule has 8 nitrogen and oxygen atoms in total. The molecule has 1 heterocycles. The number of aromatic hydroxyl groups is 7. The molecule has 0 saturated carbocycles. The molecule has 8 heteroatoms. The first-order valence-electron chi connectivity index (χ1n) is 6.67. The van der Waals surface area contributed by atoms with Crippen LogP contribution in [0.15, 0.2) is 4.42 Å². The Labute approximate surface area is 128 Å². The molecule has 0 saturated heterocycles. The molecule has 7 N–H and O–H groups in total. The number of furan rings is 1. The first kappa shape index (κ1) is 14.8. The molecule has 0 aliphatic carbocycles. The Balaban J connectivity index is 2.67. The Morgan fingerprint density at radius 1 is 0.565 bits per heavy atom. The number of fused-ring (bicyclic) bond motifs is 3. The third kappa shape index (κ3) is 1.65. The van der Waals surface area contributed by atoms with Crippen LogP contribution >= 0.6 is 0 Å². The first-order valence-corrected chi connectivity index (χ1v) is 6.67. The van der Waals surface area contributed by atoms with Crippen molar-refractivity contribution in [2.75, 3.05) is 0 Å². The number of hydrogen-bond donors (Lipinski definition) is 7. The lowest BCUT2D eigenvalue weighted by Crippen LogP contribution is -1.90. The Hall–Kier alpha value is -3.16. The predicted molar refractivity (Wildman–Crippen MR) is 79.5 cm³/mol. The van der Waals surface area contributed by atoms with Crippen LogP contribution in [-0.2, 0) is 0 Å². The van der Waals surface area contributed by atoms with Gasteiger partial charge in [0, 0.05) is 5.56 Å². The van der Waals surface area contributed by atoms with Crippen LogP contribution in [0.3, 0.4) is 0 Å². The summed E-state index contributed by atoms with van der Waals surface area (Å²) in [5, 5.41) is 69.0. The molecule has 0 bridgehead atoms. The molecule has 2 aromatic carbocycles. The van der Waals surface area contributed by atoms with E-state index in [0.29, 0.717) is 0 Å². The summed E-state index contributed by atoms with van der Waals surface area (Å²) in [7, 11) is 0. The molecule has 0 aliphatic heterocycles. The second-order valence-corrected chi connectivity index (χ2v) is 5.52. The van der Waals surface area contributed by atoms with Crippen LogP contribution in [0.1, 0.15) is 25.3 Å². The van der Waals surface area contributed by atoms with Crippen LogP contribution in [-0.4, -0.2) is 35.7 Å². The van der Waals surface area contributed by atoms with Gasteiger partial charge in [0.1, 0.15) is 0 Å². The van der Waals surface area contributed by atoms with E-state index in [2.05, 4.69) is 0 Å². The van der Waals surface area contributed by atoms with Crippen LogP contribution in [0.2, 0.25) is 0 Å². The first-order chi connectivity index (χ1) is 10.7. The van der Waals surface area contributed by atoms with Crippen molar-refractivity contribution in [3.05, 3.63) is 5.56 Å². The summed E-state index contributed by atoms with van der Waals surface area (Å²) in [6.45, 7) is 3.32. The highest BCUT2D eigenvalue weighted by atomic mass is 16.4. The van der Waals surface area contributed by atoms with E-state index in [0.717, 1.165) is 0 Å². The molecule has 0 radical (unpaired) electrons. The summed E-state index contributed by atoms with van der Waals surface area (Å²) >= 11 is 0. The van der Waals surface area contributed by atoms with Gasteiger partial charge in [-0.15, -0.1) is 0 Å². The smallest absolute Gasteiger partial charge is 0.208 e. The van der Waals surface area contributed by atoms with Crippen molar-refractivity contribution in [2.45, 2.75) is 19.8 Å². The van der Waals surface area contributed by atoms with Crippen LogP contribution in [0, 0.1) is 0 Å². The molecule has 0 unspecified atom stereocenters. The topological polar surface area (TPSA) is 155 Å². The van der Waals surface area contributed by atoms with E-state index < -0.39 is 45.8 Å². The van der Waals surface area contributed by atoms with Crippen LogP contribution in [0.5, 0.6) is 40.2 Å². The van der Waals surface area contributed by atoms with Gasteiger partial charge >= 0.3 is 0 Å². The van der Waals surface area contributed by atoms with Gasteiger partial charge in [-0.25, -0.2) is 0 Å². The molecule has 0 fully saturated rings. The summed E-state index contributed by atoms with van der Waals surface area (Å²) in [6, 6.07) is 0. The zero-order valence-corrected chi connectivity index (χ0v) is 12.1. The number of phenols is 7. The van der Waals surface area contributed by atoms with Crippen LogP contribution in [0.25, 0.3) is 21.9 Å². The van der Waals surface area contributed by atoms with Crippen molar-refractivity contribution < 1.29 is 40.2 Å². The minimum atomic E-state index is -1.02. The van der Waals surface area contributed by atoms with Gasteiger partial charge in [0.05, 0.1) is 10.8 Å². The summed E-state index contributed by atoms with van der Waals surface area (Å²) in [4.78, 5) is 0. The van der Waals surface area contributed by atoms with E-state index in [9.17, 15) is 35.7 Å². The maximum Gasteiger partial charge on any atom is 0.208 e. The van der Waals surface area contributed by atoms with Gasteiger partial charge in [0.2, 0.25) is 17.2 Å². The van der Waals surface area contributed by atoms with E-state index in [1.807, 2.05) is 0 Å². The quantitative estimate of drug-likeness (QED) is 0.266. The van der Waals surface area contributed by atoms with Gasteiger partial charge in [0.15, 0.2) is 34.2 Å². The minimum Gasteiger partial charge on any atom is -0.504 e. The Morgan fingerprint density at radius 3 is 1.52 bits per heavy atom. The highest BCUT2D eigenvalue weighted by Gasteiger charge is 2.30. The van der Waals surface area contributed by atoms with E-state index in [1.54, 1.807) is 13.8 Å². The monoisotopic (exact) mass is 322 g/mol. The van der Waals surface area contributed by atoms with E-state index in [-0.39, 0.29) is 27.8 Å². The van der Waals surface area contributed by atoms with E-state index in [1.165, 1.54) is 0 Å². The fourth-order valence-electron chi connectivity index (χ4n) is 2.69. The molecule has 23 heavy (non-hydrogen) atoms. The third-order valence-corrected chi connectivity index (χ3v) is 3.80. The fraction of sp³-hybridized carbons (Fsp3) is 0.200. The number of rotatable bonds is 1. The molecular formula is C15H14O8. The van der Waals surface area contributed by atoms with Crippen molar-refractivity contribution in [3.63, 3.8) is 0 Å². The number of phenolic OH excluding ortho intramolecular Hbond substituents is 7. The van der Waals surface area contributed by atoms with Gasteiger partial charge in [-0.1, -0.05) is 13.8 Å². The Morgan fingerprint density at radius 2 is 1.00 bits per heavy atom. The summed E-state index contributed by atoms with van der Waals surface area (Å²) in [5.41, 5.74) is -0.755. The van der Waals surface area contributed by atoms with Crippen molar-refractivity contribution in [1.82, 2.24) is 0 Å². The zero-order chi connectivity index (χ0) is 17.2. The van der Waals surface area contributed by atoms with Gasteiger partial charge in [-0.2, -0.15) is 0 Å². The van der Waals surface area contributed by atoms with Crippen LogP contribution < -0.4 is 0 Å². The SMILES string of the molecule is CC(C)c1c(O)c(O)c2c(oc3c(O)c(O)c(O)c(O)c32)c1O. The third-order valence-electron chi connectivity index (χ3n) is 3.80. The Bertz CT molecular complexity index is 968. The Kier molecular flexibility index (Phi) is 2.84. The average molecular weight is 322 g/mol. The van der Waals surface area contributed by atoms with Crippen molar-refractivity contribution in [3.8, 4) is 40.2 Å². The van der Waals surface area contributed by atoms with Crippen LogP contribution in [0.4, 0.5) is 0 Å². The molecule has 0 aliphatic rings. The molecule has 0 amide bonds. The lowest BCUT2D eigenvalue weighted by Gasteiger charge is -2.12. The lowest BCUT2D eigenvalue weighted by molar-refractivity contribution is 0.348. The minimum absolute atomic E-state index is 0.0153. The molecule has 0 spiro atoms. The number of benzene rings is 2. The second-order valence-electron chi connectivity index (χ2n) is 5.52. The largest absolute Gasteiger partial charge is 0.504 e. The summed E-state index contributed by atoms with van der Waals surface area (Å²) < 4.78 is 5.26. The zero-order valence-electron chi connectivity index (χ0n) is 12.1.